The number of aromatic amines is 1. The van der Waals surface area contributed by atoms with Gasteiger partial charge in [0.05, 0.1) is 35.5 Å². The molecule has 2 unspecified atom stereocenters. The first-order valence-corrected chi connectivity index (χ1v) is 10.4. The van der Waals surface area contributed by atoms with Crippen LogP contribution in [0.25, 0.3) is 17.5 Å². The van der Waals surface area contributed by atoms with Crippen molar-refractivity contribution >= 4 is 29.4 Å². The fourth-order valence-corrected chi connectivity index (χ4v) is 3.45. The number of nitrogens with one attached hydrogen (secondary N) is 3. The van der Waals surface area contributed by atoms with Gasteiger partial charge in [0.2, 0.25) is 0 Å². The summed E-state index contributed by atoms with van der Waals surface area (Å²) in [5.41, 5.74) is 1.66. The molecule has 0 radical (unpaired) electrons. The van der Waals surface area contributed by atoms with Gasteiger partial charge in [-0.15, -0.1) is 0 Å². The topological polar surface area (TPSA) is 89.9 Å². The predicted molar refractivity (Wildman–Crippen MR) is 113 cm³/mol. The number of pyridine rings is 1. The molecule has 2 aromatic heterocycles. The lowest BCUT2D eigenvalue weighted by atomic mass is 10.1. The summed E-state index contributed by atoms with van der Waals surface area (Å²) in [6.45, 7) is 4.38. The third kappa shape index (κ3) is 5.84. The van der Waals surface area contributed by atoms with Crippen LogP contribution in [0.3, 0.4) is 0 Å². The molecule has 7 nitrogen and oxygen atoms in total. The molecule has 156 valence electrons. The second-order valence-electron chi connectivity index (χ2n) is 6.70. The summed E-state index contributed by atoms with van der Waals surface area (Å²) in [6.07, 6.45) is 5.13. The molecule has 1 aliphatic heterocycles. The highest BCUT2D eigenvalue weighted by molar-refractivity contribution is 7.96. The van der Waals surface area contributed by atoms with Crippen molar-refractivity contribution in [1.82, 2.24) is 19.7 Å². The molecule has 10 heteroatoms. The summed E-state index contributed by atoms with van der Waals surface area (Å²) >= 11 is 1.57. The summed E-state index contributed by atoms with van der Waals surface area (Å²) in [4.78, 5) is 13.9. The number of alkyl halides is 2. The van der Waals surface area contributed by atoms with Crippen LogP contribution in [0, 0.1) is 5.41 Å². The van der Waals surface area contributed by atoms with E-state index in [0.717, 1.165) is 31.4 Å². The van der Waals surface area contributed by atoms with E-state index in [9.17, 15) is 8.78 Å². The standard InChI is InChI=1S/C19H24F2N6OS/c1-12-10-27(11-14(28-12)8-25-29-2)13-5-6-23-16(7-13)17-9-24-18(26-17)4-3-15(22)19(20)21/h3-7,9,12,14,19,22,25H,8,10-11H2,1-2H3,(H,24,26)/b4-3-,22-15?. The summed E-state index contributed by atoms with van der Waals surface area (Å²) in [5.74, 6) is 0.390. The Morgan fingerprint density at radius 1 is 1.48 bits per heavy atom. The smallest absolute Gasteiger partial charge is 0.279 e. The molecule has 1 saturated heterocycles. The number of rotatable bonds is 8. The van der Waals surface area contributed by atoms with E-state index in [4.69, 9.17) is 10.1 Å². The van der Waals surface area contributed by atoms with Crippen molar-refractivity contribution in [2.24, 2.45) is 0 Å². The molecule has 3 rings (SSSR count). The molecule has 0 aliphatic carbocycles. The average Bonchev–Trinajstić information content (AvgIpc) is 3.19. The molecule has 1 aliphatic rings. The minimum absolute atomic E-state index is 0.0943. The van der Waals surface area contributed by atoms with Gasteiger partial charge in [-0.3, -0.25) is 15.1 Å². The zero-order valence-electron chi connectivity index (χ0n) is 16.2. The van der Waals surface area contributed by atoms with Crippen molar-refractivity contribution in [3.63, 3.8) is 0 Å². The number of morpholine rings is 1. The number of H-pyrrole nitrogens is 1. The van der Waals surface area contributed by atoms with Crippen LogP contribution in [0.2, 0.25) is 0 Å². The minimum atomic E-state index is -2.80. The van der Waals surface area contributed by atoms with E-state index in [-0.39, 0.29) is 12.2 Å². The van der Waals surface area contributed by atoms with E-state index < -0.39 is 12.1 Å². The van der Waals surface area contributed by atoms with Crippen molar-refractivity contribution < 1.29 is 13.5 Å². The lowest BCUT2D eigenvalue weighted by Gasteiger charge is -2.38. The summed E-state index contributed by atoms with van der Waals surface area (Å²) in [5, 5.41) is 7.17. The number of anilines is 1. The third-order valence-electron chi connectivity index (χ3n) is 4.42. The molecule has 0 aromatic carbocycles. The number of hydrogen-bond donors (Lipinski definition) is 3. The van der Waals surface area contributed by atoms with Gasteiger partial charge in [0.1, 0.15) is 5.82 Å². The summed E-state index contributed by atoms with van der Waals surface area (Å²) in [6, 6.07) is 3.93. The van der Waals surface area contributed by atoms with Crippen molar-refractivity contribution in [1.29, 1.82) is 5.41 Å². The molecule has 0 bridgehead atoms. The van der Waals surface area contributed by atoms with Crippen LogP contribution >= 0.6 is 11.9 Å². The van der Waals surface area contributed by atoms with E-state index in [1.54, 1.807) is 24.3 Å². The number of aromatic nitrogens is 3. The van der Waals surface area contributed by atoms with Gasteiger partial charge in [-0.2, -0.15) is 0 Å². The van der Waals surface area contributed by atoms with Gasteiger partial charge in [-0.25, -0.2) is 13.8 Å². The second kappa shape index (κ2) is 9.95. The van der Waals surface area contributed by atoms with Gasteiger partial charge in [-0.1, -0.05) is 11.9 Å². The lowest BCUT2D eigenvalue weighted by Crippen LogP contribution is -2.49. The molecule has 0 saturated carbocycles. The monoisotopic (exact) mass is 422 g/mol. The number of halogens is 2. The van der Waals surface area contributed by atoms with Crippen LogP contribution < -0.4 is 9.62 Å². The lowest BCUT2D eigenvalue weighted by molar-refractivity contribution is -0.0119. The van der Waals surface area contributed by atoms with Crippen LogP contribution in [0.15, 0.2) is 30.6 Å². The van der Waals surface area contributed by atoms with E-state index in [1.165, 1.54) is 6.08 Å². The number of nitrogens with zero attached hydrogens (tertiary/aromatic N) is 3. The first kappa shape index (κ1) is 21.4. The molecule has 2 aromatic rings. The molecule has 1 fully saturated rings. The predicted octanol–water partition coefficient (Wildman–Crippen LogP) is 3.23. The first-order chi connectivity index (χ1) is 14.0. The number of hydrogen-bond acceptors (Lipinski definition) is 7. The molecular formula is C19H24F2N6OS. The molecule has 0 spiro atoms. The largest absolute Gasteiger partial charge is 0.370 e. The molecule has 3 N–H and O–H groups in total. The summed E-state index contributed by atoms with van der Waals surface area (Å²) < 4.78 is 34.1. The Bertz CT molecular complexity index is 859. The number of ether oxygens (including phenoxy) is 1. The average molecular weight is 423 g/mol. The van der Waals surface area contributed by atoms with Gasteiger partial charge >= 0.3 is 0 Å². The van der Waals surface area contributed by atoms with Crippen molar-refractivity contribution in [2.75, 3.05) is 30.8 Å². The van der Waals surface area contributed by atoms with Crippen LogP contribution in [0.1, 0.15) is 12.7 Å². The van der Waals surface area contributed by atoms with E-state index in [1.807, 2.05) is 18.4 Å². The fraction of sp³-hybridized carbons (Fsp3) is 0.421. The van der Waals surface area contributed by atoms with E-state index in [2.05, 4.69) is 31.5 Å². The Morgan fingerprint density at radius 3 is 3.07 bits per heavy atom. The third-order valence-corrected chi connectivity index (χ3v) is 4.87. The van der Waals surface area contributed by atoms with Crippen molar-refractivity contribution in [3.05, 3.63) is 36.4 Å². The number of allylic oxidation sites excluding steroid dienone is 1. The summed E-state index contributed by atoms with van der Waals surface area (Å²) in [7, 11) is 0. The van der Waals surface area contributed by atoms with E-state index >= 15 is 0 Å². The van der Waals surface area contributed by atoms with Gasteiger partial charge in [-0.05, 0) is 37.5 Å². The molecule has 3 heterocycles. The van der Waals surface area contributed by atoms with Gasteiger partial charge in [0.15, 0.2) is 0 Å². The maximum absolute atomic E-state index is 12.4. The fourth-order valence-electron chi connectivity index (χ4n) is 3.10. The SMILES string of the molecule is CSNCC1CN(c2ccnc(-c3cnc(/C=C\C(=N)C(F)F)[nH]3)c2)CC(C)O1. The Balaban J connectivity index is 1.73. The maximum Gasteiger partial charge on any atom is 0.279 e. The van der Waals surface area contributed by atoms with Gasteiger partial charge in [0, 0.05) is 31.5 Å². The highest BCUT2D eigenvalue weighted by Crippen LogP contribution is 2.24. The zero-order chi connectivity index (χ0) is 20.8. The molecule has 29 heavy (non-hydrogen) atoms. The van der Waals surface area contributed by atoms with Crippen molar-refractivity contribution in [3.8, 4) is 11.4 Å². The van der Waals surface area contributed by atoms with Crippen LogP contribution in [0.4, 0.5) is 14.5 Å². The van der Waals surface area contributed by atoms with Crippen LogP contribution in [0.5, 0.6) is 0 Å². The minimum Gasteiger partial charge on any atom is -0.370 e. The van der Waals surface area contributed by atoms with Crippen LogP contribution in [-0.4, -0.2) is 65.2 Å². The Morgan fingerprint density at radius 2 is 2.31 bits per heavy atom. The molecular weight excluding hydrogens is 398 g/mol. The van der Waals surface area contributed by atoms with Crippen molar-refractivity contribution in [2.45, 2.75) is 25.6 Å². The van der Waals surface area contributed by atoms with Crippen LogP contribution in [-0.2, 0) is 4.74 Å². The highest BCUT2D eigenvalue weighted by Gasteiger charge is 2.25. The quantitative estimate of drug-likeness (QED) is 0.447. The van der Waals surface area contributed by atoms with E-state index in [0.29, 0.717) is 17.2 Å². The number of imidazole rings is 1. The Hall–Kier alpha value is -2.30. The first-order valence-electron chi connectivity index (χ1n) is 9.18. The second-order valence-corrected chi connectivity index (χ2v) is 7.39. The van der Waals surface area contributed by atoms with Gasteiger partial charge < -0.3 is 14.6 Å². The maximum atomic E-state index is 12.4. The molecule has 0 amide bonds. The normalized spacial score (nSPS) is 20.0. The zero-order valence-corrected chi connectivity index (χ0v) is 17.0. The molecule has 2 atom stereocenters. The highest BCUT2D eigenvalue weighted by atomic mass is 32.2. The Kier molecular flexibility index (Phi) is 7.34. The van der Waals surface area contributed by atoms with Gasteiger partial charge in [0.25, 0.3) is 6.43 Å². The Labute approximate surface area is 172 Å².